The molecule has 20 heavy (non-hydrogen) atoms. The van der Waals surface area contributed by atoms with Crippen molar-refractivity contribution in [1.82, 2.24) is 0 Å². The Kier molecular flexibility index (Phi) is 4.00. The summed E-state index contributed by atoms with van der Waals surface area (Å²) in [6, 6.07) is 12.1. The average molecular weight is 272 g/mol. The standard InChI is InChI=1S/C15H16N2O3/c1-10-6-5-9-14(15(10)17(18)19)20-13-8-4-3-7-12(13)11(2)16/h3-9,11H,16H2,1-2H3. The van der Waals surface area contributed by atoms with Gasteiger partial charge in [-0.05, 0) is 26.0 Å². The van der Waals surface area contributed by atoms with Crippen molar-refractivity contribution >= 4 is 5.69 Å². The number of nitro groups is 1. The van der Waals surface area contributed by atoms with Crippen molar-refractivity contribution in [2.24, 2.45) is 5.73 Å². The first-order chi connectivity index (χ1) is 9.50. The van der Waals surface area contributed by atoms with Crippen LogP contribution in [0.25, 0.3) is 0 Å². The molecule has 2 rings (SSSR count). The van der Waals surface area contributed by atoms with E-state index in [1.807, 2.05) is 25.1 Å². The van der Waals surface area contributed by atoms with Crippen molar-refractivity contribution in [2.45, 2.75) is 19.9 Å². The molecule has 0 aliphatic rings. The molecule has 2 aromatic carbocycles. The second-order valence-corrected chi connectivity index (χ2v) is 4.61. The highest BCUT2D eigenvalue weighted by Gasteiger charge is 2.20. The number of para-hydroxylation sites is 2. The highest BCUT2D eigenvalue weighted by Crippen LogP contribution is 2.36. The van der Waals surface area contributed by atoms with Crippen LogP contribution in [0, 0.1) is 17.0 Å². The van der Waals surface area contributed by atoms with E-state index in [2.05, 4.69) is 0 Å². The molecular weight excluding hydrogens is 256 g/mol. The predicted molar refractivity (Wildman–Crippen MR) is 77.0 cm³/mol. The van der Waals surface area contributed by atoms with Gasteiger partial charge in [-0.25, -0.2) is 0 Å². The van der Waals surface area contributed by atoms with Crippen LogP contribution in [0.15, 0.2) is 42.5 Å². The molecule has 0 heterocycles. The van der Waals surface area contributed by atoms with Crippen molar-refractivity contribution in [3.63, 3.8) is 0 Å². The Morgan fingerprint density at radius 2 is 1.80 bits per heavy atom. The van der Waals surface area contributed by atoms with Gasteiger partial charge in [-0.2, -0.15) is 0 Å². The zero-order valence-corrected chi connectivity index (χ0v) is 11.4. The molecule has 0 amide bonds. The quantitative estimate of drug-likeness (QED) is 0.679. The van der Waals surface area contributed by atoms with Gasteiger partial charge in [0.25, 0.3) is 0 Å². The molecule has 0 bridgehead atoms. The maximum Gasteiger partial charge on any atom is 0.314 e. The largest absolute Gasteiger partial charge is 0.450 e. The lowest BCUT2D eigenvalue weighted by Gasteiger charge is -2.14. The Bertz CT molecular complexity index is 639. The molecule has 5 nitrogen and oxygen atoms in total. The van der Waals surface area contributed by atoms with Crippen molar-refractivity contribution in [1.29, 1.82) is 0 Å². The summed E-state index contributed by atoms with van der Waals surface area (Å²) in [5, 5.41) is 11.2. The molecule has 2 N–H and O–H groups in total. The topological polar surface area (TPSA) is 78.4 Å². The van der Waals surface area contributed by atoms with Crippen molar-refractivity contribution in [3.8, 4) is 11.5 Å². The van der Waals surface area contributed by atoms with Crippen LogP contribution in [0.1, 0.15) is 24.1 Å². The molecule has 0 radical (unpaired) electrons. The minimum Gasteiger partial charge on any atom is -0.450 e. The highest BCUT2D eigenvalue weighted by molar-refractivity contribution is 5.54. The fourth-order valence-electron chi connectivity index (χ4n) is 2.02. The molecule has 0 fully saturated rings. The van der Waals surface area contributed by atoms with Gasteiger partial charge in [0.2, 0.25) is 5.75 Å². The van der Waals surface area contributed by atoms with Crippen molar-refractivity contribution in [3.05, 3.63) is 63.7 Å². The van der Waals surface area contributed by atoms with Crippen LogP contribution < -0.4 is 10.5 Å². The van der Waals surface area contributed by atoms with Gasteiger partial charge < -0.3 is 10.5 Å². The number of benzene rings is 2. The molecule has 1 unspecified atom stereocenters. The average Bonchev–Trinajstić information content (AvgIpc) is 2.38. The van der Waals surface area contributed by atoms with E-state index in [1.165, 1.54) is 0 Å². The van der Waals surface area contributed by atoms with Gasteiger partial charge in [-0.15, -0.1) is 0 Å². The Balaban J connectivity index is 2.46. The lowest BCUT2D eigenvalue weighted by molar-refractivity contribution is -0.386. The zero-order valence-electron chi connectivity index (χ0n) is 11.4. The van der Waals surface area contributed by atoms with Gasteiger partial charge >= 0.3 is 5.69 Å². The lowest BCUT2D eigenvalue weighted by Crippen LogP contribution is -2.06. The van der Waals surface area contributed by atoms with Gasteiger partial charge in [0.15, 0.2) is 0 Å². The van der Waals surface area contributed by atoms with E-state index in [4.69, 9.17) is 10.5 Å². The van der Waals surface area contributed by atoms with Gasteiger partial charge in [-0.3, -0.25) is 10.1 Å². The van der Waals surface area contributed by atoms with E-state index in [1.54, 1.807) is 31.2 Å². The second kappa shape index (κ2) is 5.71. The SMILES string of the molecule is Cc1cccc(Oc2ccccc2C(C)N)c1[N+](=O)[O-]. The number of rotatable bonds is 4. The summed E-state index contributed by atoms with van der Waals surface area (Å²) in [7, 11) is 0. The van der Waals surface area contributed by atoms with Crippen LogP contribution in [0.5, 0.6) is 11.5 Å². The van der Waals surface area contributed by atoms with Gasteiger partial charge in [0, 0.05) is 17.2 Å². The minimum atomic E-state index is -0.431. The summed E-state index contributed by atoms with van der Waals surface area (Å²) >= 11 is 0. The molecule has 2 aromatic rings. The lowest BCUT2D eigenvalue weighted by atomic mass is 10.1. The Labute approximate surface area is 117 Å². The van der Waals surface area contributed by atoms with Gasteiger partial charge in [0.05, 0.1) is 4.92 Å². The summed E-state index contributed by atoms with van der Waals surface area (Å²) in [5.74, 6) is 0.763. The summed E-state index contributed by atoms with van der Waals surface area (Å²) in [6.45, 7) is 3.52. The molecular formula is C15H16N2O3. The number of hydrogen-bond acceptors (Lipinski definition) is 4. The number of hydrogen-bond donors (Lipinski definition) is 1. The van der Waals surface area contributed by atoms with Crippen molar-refractivity contribution < 1.29 is 9.66 Å². The number of nitro benzene ring substituents is 1. The molecule has 0 aromatic heterocycles. The minimum absolute atomic E-state index is 0.0213. The number of nitrogens with zero attached hydrogens (tertiary/aromatic N) is 1. The van der Waals surface area contributed by atoms with Crippen LogP contribution >= 0.6 is 0 Å². The number of aryl methyl sites for hydroxylation is 1. The number of ether oxygens (including phenoxy) is 1. The Hall–Kier alpha value is -2.40. The third-order valence-corrected chi connectivity index (χ3v) is 3.01. The summed E-state index contributed by atoms with van der Waals surface area (Å²) in [4.78, 5) is 10.7. The molecule has 0 spiro atoms. The van der Waals surface area contributed by atoms with Crippen LogP contribution in [0.4, 0.5) is 5.69 Å². The maximum atomic E-state index is 11.2. The first-order valence-electron chi connectivity index (χ1n) is 6.27. The first kappa shape index (κ1) is 14.0. The molecule has 0 aliphatic heterocycles. The summed E-state index contributed by atoms with van der Waals surface area (Å²) < 4.78 is 5.72. The third kappa shape index (κ3) is 2.78. The third-order valence-electron chi connectivity index (χ3n) is 3.01. The van der Waals surface area contributed by atoms with E-state index in [0.29, 0.717) is 11.3 Å². The summed E-state index contributed by atoms with van der Waals surface area (Å²) in [6.07, 6.45) is 0. The van der Waals surface area contributed by atoms with E-state index < -0.39 is 4.92 Å². The van der Waals surface area contributed by atoms with E-state index in [9.17, 15) is 10.1 Å². The van der Waals surface area contributed by atoms with E-state index in [0.717, 1.165) is 5.56 Å². The zero-order chi connectivity index (χ0) is 14.7. The Morgan fingerprint density at radius 1 is 1.15 bits per heavy atom. The molecule has 1 atom stereocenters. The molecule has 0 saturated carbocycles. The normalized spacial score (nSPS) is 11.9. The van der Waals surface area contributed by atoms with Crippen molar-refractivity contribution in [2.75, 3.05) is 0 Å². The van der Waals surface area contributed by atoms with Gasteiger partial charge in [-0.1, -0.05) is 30.3 Å². The van der Waals surface area contributed by atoms with Crippen LogP contribution in [0.2, 0.25) is 0 Å². The molecule has 0 saturated heterocycles. The second-order valence-electron chi connectivity index (χ2n) is 4.61. The smallest absolute Gasteiger partial charge is 0.314 e. The highest BCUT2D eigenvalue weighted by atomic mass is 16.6. The van der Waals surface area contributed by atoms with Crippen LogP contribution in [-0.2, 0) is 0 Å². The Morgan fingerprint density at radius 3 is 2.45 bits per heavy atom. The fraction of sp³-hybridized carbons (Fsp3) is 0.200. The van der Waals surface area contributed by atoms with Crippen LogP contribution in [0.3, 0.4) is 0 Å². The maximum absolute atomic E-state index is 11.2. The molecule has 104 valence electrons. The molecule has 0 aliphatic carbocycles. The van der Waals surface area contributed by atoms with E-state index >= 15 is 0 Å². The monoisotopic (exact) mass is 272 g/mol. The summed E-state index contributed by atoms with van der Waals surface area (Å²) in [5.41, 5.74) is 7.23. The van der Waals surface area contributed by atoms with Crippen LogP contribution in [-0.4, -0.2) is 4.92 Å². The van der Waals surface area contributed by atoms with E-state index in [-0.39, 0.29) is 17.5 Å². The van der Waals surface area contributed by atoms with Gasteiger partial charge in [0.1, 0.15) is 5.75 Å². The first-order valence-corrected chi connectivity index (χ1v) is 6.27. The fourth-order valence-corrected chi connectivity index (χ4v) is 2.02. The molecule has 5 heteroatoms. The number of nitrogens with two attached hydrogens (primary N) is 1. The predicted octanol–water partition coefficient (Wildman–Crippen LogP) is 3.72.